The number of hydrogen-bond acceptors (Lipinski definition) is 6. The average molecular weight is 421 g/mol. The van der Waals surface area contributed by atoms with Crippen LogP contribution in [-0.4, -0.2) is 53.2 Å². The van der Waals surface area contributed by atoms with Gasteiger partial charge in [-0.2, -0.15) is 0 Å². The topological polar surface area (TPSA) is 93.8 Å². The first-order valence-electron chi connectivity index (χ1n) is 10.4. The summed E-state index contributed by atoms with van der Waals surface area (Å²) in [4.78, 5) is 34.7. The minimum Gasteiger partial charge on any atom is -0.496 e. The third-order valence-corrected chi connectivity index (χ3v) is 5.76. The number of benzene rings is 1. The number of fused-ring (bicyclic) bond motifs is 2. The second-order valence-corrected chi connectivity index (χ2v) is 7.69. The van der Waals surface area contributed by atoms with Gasteiger partial charge in [-0.05, 0) is 43.5 Å². The molecule has 8 heteroatoms. The van der Waals surface area contributed by atoms with Gasteiger partial charge in [0.1, 0.15) is 17.5 Å². The predicted molar refractivity (Wildman–Crippen MR) is 112 cm³/mol. The first-order valence-corrected chi connectivity index (χ1v) is 10.4. The lowest BCUT2D eigenvalue weighted by Gasteiger charge is -2.29. The number of ether oxygens (including phenoxy) is 3. The molecule has 1 N–H and O–H groups in total. The van der Waals surface area contributed by atoms with E-state index in [2.05, 4.69) is 9.97 Å². The summed E-state index contributed by atoms with van der Waals surface area (Å²) >= 11 is 0. The van der Waals surface area contributed by atoms with Crippen LogP contribution in [-0.2, 0) is 9.47 Å². The van der Waals surface area contributed by atoms with Crippen LogP contribution in [0.15, 0.2) is 42.6 Å². The minimum atomic E-state index is -0.593. The van der Waals surface area contributed by atoms with Gasteiger partial charge in [0.15, 0.2) is 6.29 Å². The van der Waals surface area contributed by atoms with Gasteiger partial charge < -0.3 is 19.2 Å². The van der Waals surface area contributed by atoms with E-state index in [0.717, 1.165) is 24.6 Å². The molecule has 2 atom stereocenters. The van der Waals surface area contributed by atoms with Gasteiger partial charge in [0, 0.05) is 18.5 Å². The molecule has 4 heterocycles. The third-order valence-electron chi connectivity index (χ3n) is 5.76. The zero-order valence-electron chi connectivity index (χ0n) is 17.2. The zero-order valence-corrected chi connectivity index (χ0v) is 17.2. The summed E-state index contributed by atoms with van der Waals surface area (Å²) in [5.41, 5.74) is 2.19. The van der Waals surface area contributed by atoms with Crippen molar-refractivity contribution in [1.82, 2.24) is 14.9 Å². The molecule has 3 aromatic rings. The first-order chi connectivity index (χ1) is 15.2. The number of aromatic amines is 1. The van der Waals surface area contributed by atoms with Crippen molar-refractivity contribution in [3.63, 3.8) is 0 Å². The van der Waals surface area contributed by atoms with Crippen molar-refractivity contribution in [2.45, 2.75) is 31.7 Å². The Kier molecular flexibility index (Phi) is 5.17. The Labute approximate surface area is 179 Å². The summed E-state index contributed by atoms with van der Waals surface area (Å²) in [5.74, 6) is 0.0528. The number of hydrogen-bond donors (Lipinski definition) is 1. The van der Waals surface area contributed by atoms with Crippen molar-refractivity contribution >= 4 is 22.8 Å². The van der Waals surface area contributed by atoms with Crippen LogP contribution in [0.5, 0.6) is 5.75 Å². The SMILES string of the molecule is COc1ccnc2[nH]c([C@H](CN3C(=O)c4ccccc4C3=O)O[C@H]3CCCCO3)cc12. The highest BCUT2D eigenvalue weighted by Gasteiger charge is 2.38. The van der Waals surface area contributed by atoms with E-state index < -0.39 is 12.4 Å². The molecule has 31 heavy (non-hydrogen) atoms. The Bertz CT molecular complexity index is 1100. The van der Waals surface area contributed by atoms with E-state index >= 15 is 0 Å². The maximum Gasteiger partial charge on any atom is 0.261 e. The fourth-order valence-corrected chi connectivity index (χ4v) is 4.16. The zero-order chi connectivity index (χ0) is 21.4. The quantitative estimate of drug-likeness (QED) is 0.613. The van der Waals surface area contributed by atoms with Gasteiger partial charge in [-0.25, -0.2) is 4.98 Å². The molecule has 0 spiro atoms. The number of H-pyrrole nitrogens is 1. The molecule has 8 nitrogen and oxygen atoms in total. The number of imide groups is 1. The molecule has 5 rings (SSSR count). The molecule has 0 saturated carbocycles. The van der Waals surface area contributed by atoms with Crippen molar-refractivity contribution in [2.75, 3.05) is 20.3 Å². The average Bonchev–Trinajstić information content (AvgIpc) is 3.35. The number of aromatic nitrogens is 2. The number of amides is 2. The van der Waals surface area contributed by atoms with Crippen LogP contribution in [0.4, 0.5) is 0 Å². The molecular formula is C23H23N3O5. The monoisotopic (exact) mass is 421 g/mol. The van der Waals surface area contributed by atoms with Crippen LogP contribution in [0.3, 0.4) is 0 Å². The minimum absolute atomic E-state index is 0.0708. The number of carbonyl (C=O) groups is 2. The van der Waals surface area contributed by atoms with Crippen molar-refractivity contribution in [3.8, 4) is 5.75 Å². The summed E-state index contributed by atoms with van der Waals surface area (Å²) in [6.45, 7) is 0.702. The summed E-state index contributed by atoms with van der Waals surface area (Å²) in [6, 6.07) is 10.5. The predicted octanol–water partition coefficient (Wildman–Crippen LogP) is 3.45. The van der Waals surface area contributed by atoms with Crippen molar-refractivity contribution < 1.29 is 23.8 Å². The highest BCUT2D eigenvalue weighted by atomic mass is 16.7. The molecule has 0 radical (unpaired) electrons. The Balaban J connectivity index is 1.48. The van der Waals surface area contributed by atoms with Gasteiger partial charge in [0.05, 0.1) is 30.2 Å². The van der Waals surface area contributed by atoms with E-state index in [1.54, 1.807) is 43.6 Å². The van der Waals surface area contributed by atoms with E-state index in [1.165, 1.54) is 4.90 Å². The normalized spacial score (nSPS) is 19.6. The number of rotatable bonds is 6. The van der Waals surface area contributed by atoms with Crippen LogP contribution in [0.25, 0.3) is 11.0 Å². The van der Waals surface area contributed by atoms with Gasteiger partial charge in [0.2, 0.25) is 0 Å². The van der Waals surface area contributed by atoms with E-state index in [4.69, 9.17) is 14.2 Å². The molecule has 0 unspecified atom stereocenters. The van der Waals surface area contributed by atoms with Gasteiger partial charge in [0.25, 0.3) is 11.8 Å². The van der Waals surface area contributed by atoms with Gasteiger partial charge in [-0.1, -0.05) is 12.1 Å². The number of carbonyl (C=O) groups excluding carboxylic acids is 2. The molecular weight excluding hydrogens is 398 g/mol. The number of pyridine rings is 1. The Morgan fingerprint density at radius 3 is 2.65 bits per heavy atom. The first kappa shape index (κ1) is 19.7. The van der Waals surface area contributed by atoms with Crippen LogP contribution >= 0.6 is 0 Å². The lowest BCUT2D eigenvalue weighted by atomic mass is 10.1. The highest BCUT2D eigenvalue weighted by Crippen LogP contribution is 2.32. The Morgan fingerprint density at radius 2 is 1.97 bits per heavy atom. The molecule has 2 aromatic heterocycles. The third kappa shape index (κ3) is 3.58. The van der Waals surface area contributed by atoms with Crippen molar-refractivity contribution in [3.05, 3.63) is 59.4 Å². The highest BCUT2D eigenvalue weighted by molar-refractivity contribution is 6.21. The van der Waals surface area contributed by atoms with Gasteiger partial charge in [-0.3, -0.25) is 14.5 Å². The molecule has 0 aliphatic carbocycles. The fourth-order valence-electron chi connectivity index (χ4n) is 4.16. The van der Waals surface area contributed by atoms with Crippen LogP contribution in [0.2, 0.25) is 0 Å². The second kappa shape index (κ2) is 8.13. The lowest BCUT2D eigenvalue weighted by molar-refractivity contribution is -0.191. The molecule has 1 aromatic carbocycles. The lowest BCUT2D eigenvalue weighted by Crippen LogP contribution is -2.36. The maximum absolute atomic E-state index is 12.9. The molecule has 2 aliphatic rings. The van der Waals surface area contributed by atoms with Crippen LogP contribution < -0.4 is 4.74 Å². The Morgan fingerprint density at radius 1 is 1.19 bits per heavy atom. The number of methoxy groups -OCH3 is 1. The number of nitrogens with one attached hydrogen (secondary N) is 1. The second-order valence-electron chi connectivity index (χ2n) is 7.69. The molecule has 0 bridgehead atoms. The number of nitrogens with zero attached hydrogens (tertiary/aromatic N) is 2. The maximum atomic E-state index is 12.9. The molecule has 1 saturated heterocycles. The summed E-state index contributed by atoms with van der Waals surface area (Å²) in [6.07, 6.45) is 3.44. The standard InChI is InChI=1S/C23H23N3O5/c1-29-18-9-10-24-21-16(18)12-17(25-21)19(31-20-8-4-5-11-30-20)13-26-22(27)14-6-2-3-7-15(14)23(26)28/h2-3,6-7,9-10,12,19-20H,4-5,8,11,13H2,1H3,(H,24,25)/t19-,20-/m0/s1. The van der Waals surface area contributed by atoms with Crippen molar-refractivity contribution in [2.24, 2.45) is 0 Å². The van der Waals surface area contributed by atoms with Crippen LogP contribution in [0, 0.1) is 0 Å². The summed E-state index contributed by atoms with van der Waals surface area (Å²) in [5, 5.41) is 0.806. The van der Waals surface area contributed by atoms with E-state index in [0.29, 0.717) is 34.8 Å². The Hall–Kier alpha value is -3.23. The van der Waals surface area contributed by atoms with Crippen LogP contribution in [0.1, 0.15) is 51.8 Å². The smallest absolute Gasteiger partial charge is 0.261 e. The largest absolute Gasteiger partial charge is 0.496 e. The molecule has 2 amide bonds. The summed E-state index contributed by atoms with van der Waals surface area (Å²) < 4.78 is 17.5. The van der Waals surface area contributed by atoms with E-state index in [-0.39, 0.29) is 18.4 Å². The van der Waals surface area contributed by atoms with Gasteiger partial charge >= 0.3 is 0 Å². The molecule has 2 aliphatic heterocycles. The van der Waals surface area contributed by atoms with Gasteiger partial charge in [-0.15, -0.1) is 0 Å². The van der Waals surface area contributed by atoms with E-state index in [1.807, 2.05) is 6.07 Å². The van der Waals surface area contributed by atoms with Crippen molar-refractivity contribution in [1.29, 1.82) is 0 Å². The molecule has 1 fully saturated rings. The fraction of sp³-hybridized carbons (Fsp3) is 0.348. The summed E-state index contributed by atoms with van der Waals surface area (Å²) in [7, 11) is 1.60. The van der Waals surface area contributed by atoms with E-state index in [9.17, 15) is 9.59 Å². The molecule has 160 valence electrons.